The van der Waals surface area contributed by atoms with Gasteiger partial charge < -0.3 is 33.2 Å². The summed E-state index contributed by atoms with van der Waals surface area (Å²) in [6, 6.07) is 0. The molecule has 4 bridgehead atoms. The first-order valence-corrected chi connectivity index (χ1v) is 28.9. The molecule has 4 fully saturated rings. The molecule has 0 aromatic carbocycles. The Morgan fingerprint density at radius 1 is 0.426 bits per heavy atom. The van der Waals surface area contributed by atoms with Gasteiger partial charge in [-0.3, -0.25) is 19.3 Å². The lowest BCUT2D eigenvalue weighted by Crippen LogP contribution is -2.58. The number of fused-ring (bicyclic) bond motifs is 1. The Bertz CT molecular complexity index is 1280. The third kappa shape index (κ3) is 25.0. The van der Waals surface area contributed by atoms with E-state index in [1.807, 2.05) is 13.8 Å². The Hall–Kier alpha value is -1.79. The molecule has 11 heteroatoms. The third-order valence-electron chi connectivity index (χ3n) is 14.9. The summed E-state index contributed by atoms with van der Waals surface area (Å²) in [6.07, 6.45) is 32.5. The molecule has 0 radical (unpaired) electrons. The van der Waals surface area contributed by atoms with Gasteiger partial charge in [-0.05, 0) is 76.8 Å². The average Bonchev–Trinajstić information content (AvgIpc) is 3.47. The smallest absolute Gasteiger partial charge is 0.320 e. The van der Waals surface area contributed by atoms with Crippen molar-refractivity contribution in [2.45, 2.75) is 296 Å². The highest BCUT2D eigenvalue weighted by Crippen LogP contribution is 2.60. The van der Waals surface area contributed by atoms with Crippen molar-refractivity contribution < 1.29 is 47.5 Å². The number of carbonyl (C=O) groups excluding carboxylic acids is 3. The number of rotatable bonds is 45. The Labute approximate surface area is 416 Å². The van der Waals surface area contributed by atoms with Gasteiger partial charge in [-0.1, -0.05) is 170 Å². The fourth-order valence-corrected chi connectivity index (χ4v) is 11.3. The van der Waals surface area contributed by atoms with Crippen LogP contribution in [0.25, 0.3) is 0 Å². The van der Waals surface area contributed by atoms with E-state index < -0.39 is 29.4 Å². The molecule has 4 unspecified atom stereocenters. The largest absolute Gasteiger partial charge is 0.459 e. The summed E-state index contributed by atoms with van der Waals surface area (Å²) in [5, 5.41) is 0. The van der Waals surface area contributed by atoms with E-state index in [9.17, 15) is 14.4 Å². The van der Waals surface area contributed by atoms with E-state index in [-0.39, 0.29) is 43.2 Å². The van der Waals surface area contributed by atoms with Crippen molar-refractivity contribution >= 4 is 17.9 Å². The van der Waals surface area contributed by atoms with Crippen molar-refractivity contribution in [2.75, 3.05) is 46.1 Å². The van der Waals surface area contributed by atoms with Crippen molar-refractivity contribution in [3.05, 3.63) is 0 Å². The minimum absolute atomic E-state index is 0.0741. The van der Waals surface area contributed by atoms with Crippen LogP contribution in [-0.2, 0) is 47.5 Å². The van der Waals surface area contributed by atoms with Gasteiger partial charge in [0.2, 0.25) is 0 Å². The Morgan fingerprint density at radius 2 is 0.735 bits per heavy atom. The molecule has 4 aliphatic carbocycles. The van der Waals surface area contributed by atoms with E-state index in [0.29, 0.717) is 84.2 Å². The van der Waals surface area contributed by atoms with E-state index in [0.717, 1.165) is 64.5 Å². The first-order chi connectivity index (χ1) is 33.1. The van der Waals surface area contributed by atoms with E-state index >= 15 is 0 Å². The molecular formula is C57H105NO10. The van der Waals surface area contributed by atoms with Crippen LogP contribution in [0.1, 0.15) is 266 Å². The van der Waals surface area contributed by atoms with Crippen LogP contribution < -0.4 is 0 Å². The van der Waals surface area contributed by atoms with Crippen molar-refractivity contribution in [3.8, 4) is 0 Å². The van der Waals surface area contributed by atoms with Crippen LogP contribution in [0.4, 0.5) is 0 Å². The fourth-order valence-electron chi connectivity index (χ4n) is 11.3. The lowest BCUT2D eigenvalue weighted by molar-refractivity contribution is -0.215. The number of carbonyl (C=O) groups is 3. The summed E-state index contributed by atoms with van der Waals surface area (Å²) in [4.78, 5) is 43.8. The fraction of sp³-hybridized carbons (Fsp3) is 0.947. The van der Waals surface area contributed by atoms with Gasteiger partial charge in [0.25, 0.3) is 0 Å². The molecule has 11 nitrogen and oxygen atoms in total. The molecule has 0 aromatic rings. The summed E-state index contributed by atoms with van der Waals surface area (Å²) in [5.74, 6) is -0.753. The normalized spacial score (nSPS) is 22.1. The number of ether oxygens (including phenoxy) is 7. The zero-order valence-electron chi connectivity index (χ0n) is 45.0. The van der Waals surface area contributed by atoms with Crippen LogP contribution in [0.5, 0.6) is 0 Å². The SMILES string of the molecule is CCCCCCCCOC(CCC(=O)OC12CCC3(OC(=O)CN(CC)CC)CC(C1)CC(OC(=O)CCC(OCCCCCCCC)OCCCCCCCC)(C2)C3)OCCCCCCCC. The Morgan fingerprint density at radius 3 is 1.09 bits per heavy atom. The molecule has 4 saturated carbocycles. The van der Waals surface area contributed by atoms with Gasteiger partial charge in [-0.15, -0.1) is 0 Å². The van der Waals surface area contributed by atoms with Crippen LogP contribution in [0.15, 0.2) is 0 Å². The molecular weight excluding hydrogens is 859 g/mol. The van der Waals surface area contributed by atoms with Gasteiger partial charge in [0.05, 0.1) is 19.4 Å². The molecule has 0 spiro atoms. The molecule has 0 amide bonds. The van der Waals surface area contributed by atoms with Crippen molar-refractivity contribution in [1.29, 1.82) is 0 Å². The van der Waals surface area contributed by atoms with Gasteiger partial charge >= 0.3 is 17.9 Å². The molecule has 0 aromatic heterocycles. The second-order valence-electron chi connectivity index (χ2n) is 21.3. The topological polar surface area (TPSA) is 119 Å². The van der Waals surface area contributed by atoms with Crippen molar-refractivity contribution in [1.82, 2.24) is 4.90 Å². The number of esters is 3. The monoisotopic (exact) mass is 964 g/mol. The molecule has 0 aliphatic heterocycles. The molecule has 398 valence electrons. The highest BCUT2D eigenvalue weighted by atomic mass is 16.7. The van der Waals surface area contributed by atoms with E-state index in [4.69, 9.17) is 33.2 Å². The summed E-state index contributed by atoms with van der Waals surface area (Å²) in [7, 11) is 0. The minimum atomic E-state index is -0.915. The van der Waals surface area contributed by atoms with E-state index in [2.05, 4.69) is 32.6 Å². The van der Waals surface area contributed by atoms with Gasteiger partial charge in [-0.25, -0.2) is 0 Å². The number of nitrogens with zero attached hydrogens (tertiary/aromatic N) is 1. The van der Waals surface area contributed by atoms with E-state index in [1.54, 1.807) is 0 Å². The first-order valence-electron chi connectivity index (χ1n) is 28.9. The highest BCUT2D eigenvalue weighted by Gasteiger charge is 2.64. The predicted molar refractivity (Wildman–Crippen MR) is 273 cm³/mol. The quantitative estimate of drug-likeness (QED) is 0.0251. The molecule has 0 heterocycles. The molecule has 4 atom stereocenters. The molecule has 0 N–H and O–H groups in total. The predicted octanol–water partition coefficient (Wildman–Crippen LogP) is 14.3. The van der Waals surface area contributed by atoms with E-state index in [1.165, 1.54) is 103 Å². The van der Waals surface area contributed by atoms with Crippen LogP contribution in [0.2, 0.25) is 0 Å². The second kappa shape index (κ2) is 36.2. The lowest BCUT2D eigenvalue weighted by atomic mass is 9.62. The summed E-state index contributed by atoms with van der Waals surface area (Å²) >= 11 is 0. The number of likely N-dealkylation sites (N-methyl/N-ethyl adjacent to an activating group) is 1. The zero-order valence-corrected chi connectivity index (χ0v) is 45.0. The standard InChI is InChI=1S/C57H105NO10/c1-7-13-17-21-25-29-39-62-53(63-40-30-26-22-18-14-8-2)35-33-50(59)66-55-37-38-56(68-52(61)46-58(11-5)12-6)44-49(43-55)45-57(47-55,48-56)67-51(60)34-36-54(64-41-31-27-23-19-15-9-3)65-42-32-28-24-20-16-10-4/h49,53-54H,7-48H2,1-6H3. The van der Waals surface area contributed by atoms with Gasteiger partial charge in [0, 0.05) is 52.1 Å². The molecule has 4 rings (SSSR count). The zero-order chi connectivity index (χ0) is 49.2. The third-order valence-corrected chi connectivity index (χ3v) is 14.9. The molecule has 0 saturated heterocycles. The Kier molecular flexibility index (Phi) is 32.2. The Balaban J connectivity index is 1.71. The van der Waals surface area contributed by atoms with Crippen LogP contribution in [0.3, 0.4) is 0 Å². The average molecular weight is 964 g/mol. The summed E-state index contributed by atoms with van der Waals surface area (Å²) < 4.78 is 45.0. The maximum Gasteiger partial charge on any atom is 0.320 e. The van der Waals surface area contributed by atoms with Crippen LogP contribution >= 0.6 is 0 Å². The first kappa shape index (κ1) is 60.5. The lowest BCUT2D eigenvalue weighted by Gasteiger charge is -2.53. The van der Waals surface area contributed by atoms with Crippen LogP contribution in [0, 0.1) is 5.92 Å². The van der Waals surface area contributed by atoms with Crippen molar-refractivity contribution in [2.24, 2.45) is 5.92 Å². The summed E-state index contributed by atoms with van der Waals surface area (Å²) in [5.41, 5.74) is -2.52. The highest BCUT2D eigenvalue weighted by molar-refractivity contribution is 5.73. The number of unbranched alkanes of at least 4 members (excludes halogenated alkanes) is 20. The molecule has 68 heavy (non-hydrogen) atoms. The van der Waals surface area contributed by atoms with Gasteiger partial charge in [0.15, 0.2) is 12.6 Å². The second-order valence-corrected chi connectivity index (χ2v) is 21.3. The maximum absolute atomic E-state index is 14.1. The van der Waals surface area contributed by atoms with Crippen LogP contribution in [-0.4, -0.2) is 98.3 Å². The molecule has 4 aliphatic rings. The number of hydrogen-bond acceptors (Lipinski definition) is 11. The minimum Gasteiger partial charge on any atom is -0.459 e. The maximum atomic E-state index is 14.1. The van der Waals surface area contributed by atoms with Gasteiger partial charge in [0.1, 0.15) is 16.8 Å². The van der Waals surface area contributed by atoms with Crippen molar-refractivity contribution in [3.63, 3.8) is 0 Å². The number of hydrogen-bond donors (Lipinski definition) is 0. The van der Waals surface area contributed by atoms with Gasteiger partial charge in [-0.2, -0.15) is 0 Å². The summed E-state index contributed by atoms with van der Waals surface area (Å²) in [6.45, 7) is 17.2.